The molecule has 0 radical (unpaired) electrons. The van der Waals surface area contributed by atoms with E-state index in [1.165, 1.54) is 18.2 Å². The minimum absolute atomic E-state index is 0.0280. The third kappa shape index (κ3) is 3.54. The van der Waals surface area contributed by atoms with Crippen LogP contribution in [0.2, 0.25) is 0 Å². The number of hydrogen-bond donors (Lipinski definition) is 0. The second-order valence-electron chi connectivity index (χ2n) is 5.13. The quantitative estimate of drug-likeness (QED) is 0.388. The van der Waals surface area contributed by atoms with Crippen LogP contribution in [0.3, 0.4) is 0 Å². The summed E-state index contributed by atoms with van der Waals surface area (Å²) in [5.74, 6) is -1.89. The van der Waals surface area contributed by atoms with Crippen molar-refractivity contribution in [3.05, 3.63) is 70.3 Å². The Balaban J connectivity index is 2.00. The molecular weight excluding hydrogens is 380 g/mol. The van der Waals surface area contributed by atoms with Crippen molar-refractivity contribution in [2.45, 2.75) is 11.1 Å². The van der Waals surface area contributed by atoms with E-state index in [4.69, 9.17) is 8.60 Å². The van der Waals surface area contributed by atoms with E-state index in [0.717, 1.165) is 12.1 Å². The first-order valence-electron chi connectivity index (χ1n) is 6.91. The van der Waals surface area contributed by atoms with Crippen molar-refractivity contribution in [1.29, 1.82) is 0 Å². The molecule has 10 heteroatoms. The lowest BCUT2D eigenvalue weighted by Gasteiger charge is -2.11. The molecule has 5 nitrogen and oxygen atoms in total. The molecule has 0 saturated carbocycles. The number of benzene rings is 2. The molecule has 136 valence electrons. The summed E-state index contributed by atoms with van der Waals surface area (Å²) in [6, 6.07) is 7.52. The van der Waals surface area contributed by atoms with Crippen LogP contribution >= 0.6 is 0 Å². The molecule has 0 aliphatic carbocycles. The van der Waals surface area contributed by atoms with Crippen LogP contribution in [0, 0.1) is 5.82 Å². The molecule has 0 bridgehead atoms. The summed E-state index contributed by atoms with van der Waals surface area (Å²) in [6.45, 7) is 0. The Hall–Kier alpha value is -2.88. The van der Waals surface area contributed by atoms with Gasteiger partial charge in [-0.05, 0) is 36.4 Å². The minimum Gasteiger partial charge on any atom is -0.423 e. The lowest BCUT2D eigenvalue weighted by Crippen LogP contribution is -2.14. The lowest BCUT2D eigenvalue weighted by molar-refractivity contribution is -0.140. The maximum atomic E-state index is 13.3. The zero-order chi connectivity index (χ0) is 19.1. The second kappa shape index (κ2) is 6.13. The molecular formula is C16H8F4O5S. The van der Waals surface area contributed by atoms with Crippen LogP contribution in [-0.4, -0.2) is 8.42 Å². The third-order valence-corrected chi connectivity index (χ3v) is 4.58. The average molecular weight is 388 g/mol. The predicted octanol–water partition coefficient (Wildman–Crippen LogP) is 3.72. The molecule has 3 rings (SSSR count). The van der Waals surface area contributed by atoms with Crippen LogP contribution in [0.4, 0.5) is 17.6 Å². The molecule has 0 aliphatic rings. The molecule has 0 fully saturated rings. The van der Waals surface area contributed by atoms with Crippen LogP contribution in [0.5, 0.6) is 5.75 Å². The zero-order valence-electron chi connectivity index (χ0n) is 12.6. The first-order valence-corrected chi connectivity index (χ1v) is 8.32. The van der Waals surface area contributed by atoms with Gasteiger partial charge in [0.25, 0.3) is 0 Å². The van der Waals surface area contributed by atoms with E-state index in [1.54, 1.807) is 0 Å². The van der Waals surface area contributed by atoms with Gasteiger partial charge in [-0.25, -0.2) is 9.18 Å². The summed E-state index contributed by atoms with van der Waals surface area (Å²) in [5, 5.41) is 0.482. The van der Waals surface area contributed by atoms with Gasteiger partial charge >= 0.3 is 21.9 Å². The Bertz CT molecular complexity index is 1150. The number of hydrogen-bond acceptors (Lipinski definition) is 5. The van der Waals surface area contributed by atoms with Gasteiger partial charge in [0, 0.05) is 17.5 Å². The van der Waals surface area contributed by atoms with Gasteiger partial charge in [0.05, 0.1) is 5.56 Å². The maximum Gasteiger partial charge on any atom is 0.419 e. The first-order chi connectivity index (χ1) is 12.1. The molecule has 26 heavy (non-hydrogen) atoms. The van der Waals surface area contributed by atoms with Crippen molar-refractivity contribution in [3.63, 3.8) is 0 Å². The van der Waals surface area contributed by atoms with Gasteiger partial charge in [0.1, 0.15) is 22.0 Å². The molecule has 3 aromatic rings. The summed E-state index contributed by atoms with van der Waals surface area (Å²) < 4.78 is 85.5. The van der Waals surface area contributed by atoms with Gasteiger partial charge in [-0.15, -0.1) is 0 Å². The van der Waals surface area contributed by atoms with Crippen LogP contribution < -0.4 is 9.81 Å². The maximum absolute atomic E-state index is 13.3. The largest absolute Gasteiger partial charge is 0.423 e. The van der Waals surface area contributed by atoms with Gasteiger partial charge in [-0.3, -0.25) is 0 Å². The fourth-order valence-corrected chi connectivity index (χ4v) is 3.09. The topological polar surface area (TPSA) is 73.6 Å². The standard InChI is InChI=1S/C16H8F4O5S/c17-13-5-4-11(8-12(13)16(18,19)20)26(22,23)25-10-3-1-9-2-6-15(21)24-14(9)7-10/h1-8H. The number of halogens is 4. The number of alkyl halides is 3. The molecule has 0 N–H and O–H groups in total. The second-order valence-corrected chi connectivity index (χ2v) is 6.68. The van der Waals surface area contributed by atoms with Crippen LogP contribution in [-0.2, 0) is 16.3 Å². The average Bonchev–Trinajstić information content (AvgIpc) is 2.53. The van der Waals surface area contributed by atoms with E-state index in [-0.39, 0.29) is 17.4 Å². The molecule has 2 aromatic carbocycles. The molecule has 0 saturated heterocycles. The lowest BCUT2D eigenvalue weighted by atomic mass is 10.2. The highest BCUT2D eigenvalue weighted by atomic mass is 32.2. The van der Waals surface area contributed by atoms with Crippen molar-refractivity contribution in [2.24, 2.45) is 0 Å². The normalized spacial score (nSPS) is 12.3. The van der Waals surface area contributed by atoms with Crippen LogP contribution in [0.15, 0.2) is 62.6 Å². The molecule has 1 heterocycles. The molecule has 0 unspecified atom stereocenters. The molecule has 0 amide bonds. The Labute approximate surface area is 143 Å². The van der Waals surface area contributed by atoms with Gasteiger partial charge < -0.3 is 8.60 Å². The Kier molecular flexibility index (Phi) is 4.23. The van der Waals surface area contributed by atoms with E-state index in [9.17, 15) is 30.8 Å². The Morgan fingerprint density at radius 1 is 0.962 bits per heavy atom. The van der Waals surface area contributed by atoms with Gasteiger partial charge in [0.15, 0.2) is 0 Å². The van der Waals surface area contributed by atoms with E-state index in [2.05, 4.69) is 0 Å². The van der Waals surface area contributed by atoms with Crippen molar-refractivity contribution in [1.82, 2.24) is 0 Å². The van der Waals surface area contributed by atoms with Gasteiger partial charge in [-0.1, -0.05) is 0 Å². The zero-order valence-corrected chi connectivity index (χ0v) is 13.4. The summed E-state index contributed by atoms with van der Waals surface area (Å²) in [7, 11) is -4.68. The number of fused-ring (bicyclic) bond motifs is 1. The van der Waals surface area contributed by atoms with E-state index in [0.29, 0.717) is 17.5 Å². The molecule has 0 aliphatic heterocycles. The minimum atomic E-state index is -5.07. The monoisotopic (exact) mass is 388 g/mol. The van der Waals surface area contributed by atoms with Crippen molar-refractivity contribution in [3.8, 4) is 5.75 Å². The predicted molar refractivity (Wildman–Crippen MR) is 81.7 cm³/mol. The molecule has 0 atom stereocenters. The van der Waals surface area contributed by atoms with Gasteiger partial charge in [-0.2, -0.15) is 21.6 Å². The smallest absolute Gasteiger partial charge is 0.419 e. The first kappa shape index (κ1) is 17.9. The van der Waals surface area contributed by atoms with Gasteiger partial charge in [0.2, 0.25) is 0 Å². The summed E-state index contributed by atoms with van der Waals surface area (Å²) in [5.41, 5.74) is -2.38. The van der Waals surface area contributed by atoms with E-state index >= 15 is 0 Å². The van der Waals surface area contributed by atoms with Crippen LogP contribution in [0.1, 0.15) is 5.56 Å². The molecule has 0 spiro atoms. The highest BCUT2D eigenvalue weighted by Crippen LogP contribution is 2.33. The summed E-state index contributed by atoms with van der Waals surface area (Å²) in [4.78, 5) is 10.3. The molecule has 1 aromatic heterocycles. The highest BCUT2D eigenvalue weighted by molar-refractivity contribution is 7.87. The van der Waals surface area contributed by atoms with E-state index < -0.39 is 38.2 Å². The van der Waals surface area contributed by atoms with Crippen molar-refractivity contribution < 1.29 is 34.6 Å². The van der Waals surface area contributed by atoms with E-state index in [1.807, 2.05) is 0 Å². The fraction of sp³-hybridized carbons (Fsp3) is 0.0625. The van der Waals surface area contributed by atoms with Crippen molar-refractivity contribution >= 4 is 21.1 Å². The van der Waals surface area contributed by atoms with Crippen LogP contribution in [0.25, 0.3) is 11.0 Å². The third-order valence-electron chi connectivity index (χ3n) is 3.33. The fourth-order valence-electron chi connectivity index (χ4n) is 2.14. The Morgan fingerprint density at radius 2 is 1.65 bits per heavy atom. The van der Waals surface area contributed by atoms with Crippen molar-refractivity contribution in [2.75, 3.05) is 0 Å². The number of rotatable bonds is 3. The summed E-state index contributed by atoms with van der Waals surface area (Å²) in [6.07, 6.45) is -5.07. The summed E-state index contributed by atoms with van der Waals surface area (Å²) >= 11 is 0. The SMILES string of the molecule is O=c1ccc2ccc(OS(=O)(=O)c3ccc(F)c(C(F)(F)F)c3)cc2o1. The highest BCUT2D eigenvalue weighted by Gasteiger charge is 2.35. The Morgan fingerprint density at radius 3 is 2.35 bits per heavy atom.